The molecule has 5 nitrogen and oxygen atoms in total. The van der Waals surface area contributed by atoms with E-state index in [1.807, 2.05) is 36.4 Å². The number of benzene rings is 2. The molecule has 2 amide bonds. The van der Waals surface area contributed by atoms with Crippen LogP contribution in [0.25, 0.3) is 10.8 Å². The SMILES string of the molecule is C#CCOc1ccc2ccccc2c1/C=N\N1C(=O)[C@@H]2[C@H]3C=C[C@@H]([C@@H]4C[C@H]34)[C@H]2C1=O. The van der Waals surface area contributed by atoms with Crippen LogP contribution in [-0.4, -0.2) is 29.6 Å². The van der Waals surface area contributed by atoms with Gasteiger partial charge in [0.15, 0.2) is 0 Å². The molecule has 1 heterocycles. The number of allylic oxidation sites excluding steroid dienone is 2. The lowest BCUT2D eigenvalue weighted by Crippen LogP contribution is -2.40. The summed E-state index contributed by atoms with van der Waals surface area (Å²) in [5.41, 5.74) is 0.711. The first-order valence-corrected chi connectivity index (χ1v) is 10.4. The third-order valence-corrected chi connectivity index (χ3v) is 7.18. The molecule has 1 saturated heterocycles. The summed E-state index contributed by atoms with van der Waals surface area (Å²) in [6, 6.07) is 11.6. The van der Waals surface area contributed by atoms with Crippen LogP contribution < -0.4 is 4.74 Å². The lowest BCUT2D eigenvalue weighted by Gasteiger charge is -2.37. The summed E-state index contributed by atoms with van der Waals surface area (Å²) in [6.07, 6.45) is 12.4. The Morgan fingerprint density at radius 1 is 1.07 bits per heavy atom. The molecule has 0 unspecified atom stereocenters. The van der Waals surface area contributed by atoms with Crippen LogP contribution in [0.3, 0.4) is 0 Å². The van der Waals surface area contributed by atoms with E-state index in [9.17, 15) is 9.59 Å². The van der Waals surface area contributed by atoms with E-state index in [1.165, 1.54) is 0 Å². The van der Waals surface area contributed by atoms with Crippen LogP contribution in [0, 0.1) is 47.9 Å². The minimum atomic E-state index is -0.252. The number of hydrazone groups is 1. The summed E-state index contributed by atoms with van der Waals surface area (Å²) in [6.45, 7) is 0.128. The Morgan fingerprint density at radius 3 is 2.47 bits per heavy atom. The minimum absolute atomic E-state index is 0.128. The number of rotatable bonds is 4. The summed E-state index contributed by atoms with van der Waals surface area (Å²) >= 11 is 0. The van der Waals surface area contributed by atoms with E-state index in [1.54, 1.807) is 6.21 Å². The zero-order valence-corrected chi connectivity index (χ0v) is 16.3. The zero-order valence-electron chi connectivity index (χ0n) is 16.3. The van der Waals surface area contributed by atoms with E-state index in [4.69, 9.17) is 11.2 Å². The molecule has 2 aromatic carbocycles. The van der Waals surface area contributed by atoms with Gasteiger partial charge in [0.2, 0.25) is 0 Å². The monoisotopic (exact) mass is 396 g/mol. The summed E-state index contributed by atoms with van der Waals surface area (Å²) < 4.78 is 5.70. The maximum absolute atomic E-state index is 13.1. The molecule has 6 atom stereocenters. The van der Waals surface area contributed by atoms with Crippen LogP contribution >= 0.6 is 0 Å². The Bertz CT molecular complexity index is 1150. The van der Waals surface area contributed by atoms with Gasteiger partial charge >= 0.3 is 0 Å². The van der Waals surface area contributed by atoms with E-state index >= 15 is 0 Å². The van der Waals surface area contributed by atoms with E-state index in [0.29, 0.717) is 23.1 Å². The molecule has 0 N–H and O–H groups in total. The van der Waals surface area contributed by atoms with Gasteiger partial charge in [-0.3, -0.25) is 9.59 Å². The van der Waals surface area contributed by atoms with Gasteiger partial charge in [-0.05, 0) is 46.9 Å². The fourth-order valence-electron chi connectivity index (χ4n) is 5.82. The van der Waals surface area contributed by atoms with E-state index in [2.05, 4.69) is 23.2 Å². The van der Waals surface area contributed by atoms with Gasteiger partial charge < -0.3 is 4.74 Å². The second-order valence-corrected chi connectivity index (χ2v) is 8.58. The standard InChI is InChI=1S/C25H20N2O3/c1-2-11-30-21-10-7-14-5-3-4-6-15(14)20(21)13-26-27-24(28)22-16-8-9-17(19-12-18(16)19)23(22)25(27)29/h1,3-10,13,16-19,22-23H,11-12H2/b26-13-/t16-,17-,18-,19+,22+,23+/m0/s1. The molecule has 4 aliphatic carbocycles. The highest BCUT2D eigenvalue weighted by molar-refractivity contribution is 6.08. The van der Waals surface area contributed by atoms with Crippen molar-refractivity contribution in [2.75, 3.05) is 6.61 Å². The number of fused-ring (bicyclic) bond motifs is 1. The first kappa shape index (κ1) is 17.5. The fourth-order valence-corrected chi connectivity index (χ4v) is 5.82. The number of hydrogen-bond acceptors (Lipinski definition) is 4. The maximum Gasteiger partial charge on any atom is 0.254 e. The van der Waals surface area contributed by atoms with Crippen LogP contribution in [0.1, 0.15) is 12.0 Å². The summed E-state index contributed by atoms with van der Waals surface area (Å²) in [5.74, 6) is 3.73. The highest BCUT2D eigenvalue weighted by Gasteiger charge is 2.67. The highest BCUT2D eigenvalue weighted by Crippen LogP contribution is 2.65. The summed E-state index contributed by atoms with van der Waals surface area (Å²) in [4.78, 5) is 26.3. The zero-order chi connectivity index (χ0) is 20.4. The Labute approximate surface area is 174 Å². The van der Waals surface area contributed by atoms with Gasteiger partial charge in [-0.1, -0.05) is 48.4 Å². The van der Waals surface area contributed by atoms with Crippen LogP contribution in [0.2, 0.25) is 0 Å². The molecule has 2 aromatic rings. The summed E-state index contributed by atoms with van der Waals surface area (Å²) in [7, 11) is 0. The van der Waals surface area contributed by atoms with E-state index in [-0.39, 0.29) is 42.1 Å². The van der Waals surface area contributed by atoms with Crippen LogP contribution in [0.4, 0.5) is 0 Å². The first-order chi connectivity index (χ1) is 14.7. The molecule has 2 saturated carbocycles. The van der Waals surface area contributed by atoms with Crippen LogP contribution in [0.5, 0.6) is 5.75 Å². The van der Waals surface area contributed by atoms with Gasteiger partial charge in [0.1, 0.15) is 12.4 Å². The lowest BCUT2D eigenvalue weighted by molar-refractivity contribution is -0.140. The van der Waals surface area contributed by atoms with Crippen molar-refractivity contribution < 1.29 is 14.3 Å². The molecule has 5 heteroatoms. The van der Waals surface area contributed by atoms with Crippen molar-refractivity contribution in [2.24, 2.45) is 40.6 Å². The number of amides is 2. The molecule has 0 radical (unpaired) electrons. The summed E-state index contributed by atoms with van der Waals surface area (Å²) in [5, 5.41) is 7.42. The molecule has 0 aromatic heterocycles. The number of terminal acetylenes is 1. The van der Waals surface area contributed by atoms with Crippen molar-refractivity contribution in [2.45, 2.75) is 6.42 Å². The van der Waals surface area contributed by atoms with Gasteiger partial charge in [0, 0.05) is 5.56 Å². The van der Waals surface area contributed by atoms with Crippen LogP contribution in [-0.2, 0) is 9.59 Å². The van der Waals surface area contributed by atoms with Crippen LogP contribution in [0.15, 0.2) is 53.7 Å². The normalized spacial score (nSPS) is 33.1. The van der Waals surface area contributed by atoms with Crippen molar-refractivity contribution >= 4 is 28.8 Å². The Kier molecular flexibility index (Phi) is 3.67. The van der Waals surface area contributed by atoms with Crippen molar-refractivity contribution in [3.8, 4) is 18.1 Å². The number of carbonyl (C=O) groups is 2. The van der Waals surface area contributed by atoms with Crippen molar-refractivity contribution in [3.05, 3.63) is 54.1 Å². The number of ether oxygens (including phenoxy) is 1. The number of carbonyl (C=O) groups excluding carboxylic acids is 2. The van der Waals surface area contributed by atoms with Gasteiger partial charge in [-0.2, -0.15) is 10.1 Å². The first-order valence-electron chi connectivity index (χ1n) is 10.4. The third-order valence-electron chi connectivity index (χ3n) is 7.18. The smallest absolute Gasteiger partial charge is 0.254 e. The molecular formula is C25H20N2O3. The molecule has 5 aliphatic rings. The van der Waals surface area contributed by atoms with Crippen molar-refractivity contribution in [1.29, 1.82) is 0 Å². The molecule has 2 bridgehead atoms. The van der Waals surface area contributed by atoms with E-state index in [0.717, 1.165) is 22.2 Å². The molecule has 30 heavy (non-hydrogen) atoms. The molecule has 0 spiro atoms. The Balaban J connectivity index is 1.37. The second kappa shape index (κ2) is 6.30. The van der Waals surface area contributed by atoms with Gasteiger partial charge in [-0.15, -0.1) is 6.42 Å². The van der Waals surface area contributed by atoms with E-state index < -0.39 is 0 Å². The quantitative estimate of drug-likeness (QED) is 0.345. The maximum atomic E-state index is 13.1. The topological polar surface area (TPSA) is 59.0 Å². The predicted molar refractivity (Wildman–Crippen MR) is 112 cm³/mol. The van der Waals surface area contributed by atoms with Crippen molar-refractivity contribution in [3.63, 3.8) is 0 Å². The number of imide groups is 1. The van der Waals surface area contributed by atoms with Crippen molar-refractivity contribution in [1.82, 2.24) is 5.01 Å². The lowest BCUT2D eigenvalue weighted by atomic mass is 9.63. The van der Waals surface area contributed by atoms with Gasteiger partial charge in [0.25, 0.3) is 11.8 Å². The Hall–Kier alpha value is -3.39. The second-order valence-electron chi connectivity index (χ2n) is 8.58. The largest absolute Gasteiger partial charge is 0.480 e. The minimum Gasteiger partial charge on any atom is -0.480 e. The number of hydrogen-bond donors (Lipinski definition) is 0. The number of nitrogens with zero attached hydrogens (tertiary/aromatic N) is 2. The fraction of sp³-hybridized carbons (Fsp3) is 0.320. The molecule has 1 aliphatic heterocycles. The van der Waals surface area contributed by atoms with Gasteiger partial charge in [-0.25, -0.2) is 0 Å². The average Bonchev–Trinajstić information content (AvgIpc) is 3.56. The molecule has 148 valence electrons. The predicted octanol–water partition coefficient (Wildman–Crippen LogP) is 3.24. The van der Waals surface area contributed by atoms with Gasteiger partial charge in [0.05, 0.1) is 18.1 Å². The molecule has 7 rings (SSSR count). The molecule has 3 fully saturated rings. The molecular weight excluding hydrogens is 376 g/mol. The highest BCUT2D eigenvalue weighted by atomic mass is 16.5. The third kappa shape index (κ3) is 2.34. The Morgan fingerprint density at radius 2 is 1.77 bits per heavy atom. The average molecular weight is 396 g/mol.